The van der Waals surface area contributed by atoms with E-state index in [1.54, 1.807) is 11.3 Å². The Hall–Kier alpha value is -1.83. The van der Waals surface area contributed by atoms with Gasteiger partial charge in [-0.1, -0.05) is 41.6 Å². The Balaban J connectivity index is 1.51. The predicted octanol–water partition coefficient (Wildman–Crippen LogP) is 3.99. The molecule has 0 atom stereocenters. The second kappa shape index (κ2) is 7.63. The average Bonchev–Trinajstić information content (AvgIpc) is 3.19. The summed E-state index contributed by atoms with van der Waals surface area (Å²) < 4.78 is 0. The molecule has 5 nitrogen and oxygen atoms in total. The molecule has 3 aromatic rings. The van der Waals surface area contributed by atoms with Crippen LogP contribution in [0.2, 0.25) is 5.02 Å². The largest absolute Gasteiger partial charge is 0.295 e. The molecule has 0 spiro atoms. The molecule has 0 aliphatic rings. The van der Waals surface area contributed by atoms with Crippen LogP contribution in [0.5, 0.6) is 0 Å². The zero-order valence-corrected chi connectivity index (χ0v) is 14.3. The van der Waals surface area contributed by atoms with Crippen LogP contribution in [0.25, 0.3) is 0 Å². The Morgan fingerprint density at radius 3 is 2.87 bits per heavy atom. The van der Waals surface area contributed by atoms with Gasteiger partial charge in [0, 0.05) is 15.7 Å². The molecular formula is C15H13ClN4OS2. The van der Waals surface area contributed by atoms with E-state index < -0.39 is 0 Å². The summed E-state index contributed by atoms with van der Waals surface area (Å²) in [6, 6.07) is 11.5. The number of nitrogens with one attached hydrogen (secondary N) is 2. The molecule has 0 radical (unpaired) electrons. The number of thiophene rings is 1. The number of rotatable bonds is 6. The number of aromatic amines is 1. The van der Waals surface area contributed by atoms with Gasteiger partial charge in [-0.25, -0.2) is 5.10 Å². The molecule has 2 heterocycles. The number of H-pyrrole nitrogens is 1. The van der Waals surface area contributed by atoms with Gasteiger partial charge < -0.3 is 0 Å². The van der Waals surface area contributed by atoms with Gasteiger partial charge in [0.2, 0.25) is 17.0 Å². The fraction of sp³-hybridized carbons (Fsp3) is 0.133. The average molecular weight is 365 g/mol. The van der Waals surface area contributed by atoms with Crippen LogP contribution >= 0.6 is 34.7 Å². The van der Waals surface area contributed by atoms with Crippen molar-refractivity contribution in [1.29, 1.82) is 0 Å². The molecule has 23 heavy (non-hydrogen) atoms. The van der Waals surface area contributed by atoms with Gasteiger partial charge in [-0.15, -0.1) is 16.4 Å². The van der Waals surface area contributed by atoms with E-state index in [0.29, 0.717) is 22.5 Å². The van der Waals surface area contributed by atoms with Crippen molar-refractivity contribution >= 4 is 46.6 Å². The Kier molecular flexibility index (Phi) is 5.32. The zero-order valence-electron chi connectivity index (χ0n) is 12.0. The van der Waals surface area contributed by atoms with Crippen molar-refractivity contribution < 1.29 is 4.79 Å². The second-order valence-electron chi connectivity index (χ2n) is 4.69. The van der Waals surface area contributed by atoms with Gasteiger partial charge in [0.1, 0.15) is 0 Å². The smallest absolute Gasteiger partial charge is 0.231 e. The van der Waals surface area contributed by atoms with Crippen molar-refractivity contribution in [1.82, 2.24) is 15.2 Å². The summed E-state index contributed by atoms with van der Waals surface area (Å²) in [7, 11) is 0. The first-order valence-corrected chi connectivity index (χ1v) is 9.05. The summed E-state index contributed by atoms with van der Waals surface area (Å²) in [5, 5.41) is 12.8. The number of aromatic nitrogens is 3. The van der Waals surface area contributed by atoms with Crippen molar-refractivity contribution in [3.63, 3.8) is 0 Å². The minimum absolute atomic E-state index is 0.113. The summed E-state index contributed by atoms with van der Waals surface area (Å²) in [4.78, 5) is 17.2. The lowest BCUT2D eigenvalue weighted by Gasteiger charge is -1.99. The molecule has 2 N–H and O–H groups in total. The van der Waals surface area contributed by atoms with E-state index in [-0.39, 0.29) is 5.91 Å². The lowest BCUT2D eigenvalue weighted by molar-refractivity contribution is -0.115. The van der Waals surface area contributed by atoms with Crippen molar-refractivity contribution in [2.75, 3.05) is 5.32 Å². The fourth-order valence-electron chi connectivity index (χ4n) is 1.84. The first-order chi connectivity index (χ1) is 11.2. The number of halogens is 1. The standard InChI is InChI=1S/C15H13ClN4OS2/c16-11-5-3-10(4-6-11)9-23-15-18-14(19-20-15)17-13(21)8-12-2-1-7-22-12/h1-7H,8-9H2,(H2,17,18,19,20,21). The van der Waals surface area contributed by atoms with Gasteiger partial charge in [0.05, 0.1) is 6.42 Å². The molecule has 0 aliphatic heterocycles. The molecule has 2 aromatic heterocycles. The van der Waals surface area contributed by atoms with Crippen LogP contribution in [0.15, 0.2) is 46.9 Å². The molecule has 118 valence electrons. The molecule has 0 unspecified atom stereocenters. The molecule has 0 saturated carbocycles. The molecule has 1 aromatic carbocycles. The molecule has 0 bridgehead atoms. The third kappa shape index (κ3) is 4.82. The van der Waals surface area contributed by atoms with Crippen LogP contribution in [0.4, 0.5) is 5.95 Å². The number of hydrogen-bond donors (Lipinski definition) is 2. The van der Waals surface area contributed by atoms with Crippen LogP contribution in [-0.2, 0) is 17.0 Å². The number of nitrogens with zero attached hydrogens (tertiary/aromatic N) is 2. The SMILES string of the molecule is O=C(Cc1cccs1)Nc1nc(SCc2ccc(Cl)cc2)n[nH]1. The summed E-state index contributed by atoms with van der Waals surface area (Å²) >= 11 is 8.90. The normalized spacial score (nSPS) is 10.7. The fourth-order valence-corrected chi connectivity index (χ4v) is 3.43. The number of thioether (sulfide) groups is 1. The van der Waals surface area contributed by atoms with E-state index in [9.17, 15) is 4.79 Å². The Bertz CT molecular complexity index is 771. The number of carbonyl (C=O) groups is 1. The first kappa shape index (κ1) is 16.0. The van der Waals surface area contributed by atoms with E-state index in [2.05, 4.69) is 20.5 Å². The number of benzene rings is 1. The van der Waals surface area contributed by atoms with E-state index in [4.69, 9.17) is 11.6 Å². The Morgan fingerprint density at radius 2 is 2.13 bits per heavy atom. The monoisotopic (exact) mass is 364 g/mol. The lowest BCUT2D eigenvalue weighted by Crippen LogP contribution is -2.14. The van der Waals surface area contributed by atoms with Gasteiger partial charge in [0.15, 0.2) is 0 Å². The van der Waals surface area contributed by atoms with Crippen LogP contribution in [-0.4, -0.2) is 21.1 Å². The quantitative estimate of drug-likeness (QED) is 0.649. The van der Waals surface area contributed by atoms with Crippen molar-refractivity contribution in [3.8, 4) is 0 Å². The minimum Gasteiger partial charge on any atom is -0.295 e. The number of hydrogen-bond acceptors (Lipinski definition) is 5. The molecule has 3 rings (SSSR count). The van der Waals surface area contributed by atoms with Crippen LogP contribution in [0.1, 0.15) is 10.4 Å². The third-order valence-electron chi connectivity index (χ3n) is 2.92. The number of anilines is 1. The van der Waals surface area contributed by atoms with Crippen LogP contribution in [0, 0.1) is 0 Å². The maximum absolute atomic E-state index is 11.9. The minimum atomic E-state index is -0.113. The highest BCUT2D eigenvalue weighted by atomic mass is 35.5. The van der Waals surface area contributed by atoms with Crippen LogP contribution in [0.3, 0.4) is 0 Å². The van der Waals surface area contributed by atoms with Crippen molar-refractivity contribution in [2.24, 2.45) is 0 Å². The van der Waals surface area contributed by atoms with Gasteiger partial charge in [0.25, 0.3) is 0 Å². The van der Waals surface area contributed by atoms with E-state index in [1.165, 1.54) is 11.8 Å². The number of amides is 1. The molecule has 8 heteroatoms. The highest BCUT2D eigenvalue weighted by Gasteiger charge is 2.09. The molecule has 0 fully saturated rings. The first-order valence-electron chi connectivity index (χ1n) is 6.81. The topological polar surface area (TPSA) is 70.7 Å². The van der Waals surface area contributed by atoms with E-state index >= 15 is 0 Å². The maximum Gasteiger partial charge on any atom is 0.231 e. The van der Waals surface area contributed by atoms with Gasteiger partial charge >= 0.3 is 0 Å². The highest BCUT2D eigenvalue weighted by Crippen LogP contribution is 2.21. The predicted molar refractivity (Wildman–Crippen MR) is 94.0 cm³/mol. The Labute approximate surface area is 146 Å². The van der Waals surface area contributed by atoms with Crippen molar-refractivity contribution in [2.45, 2.75) is 17.3 Å². The van der Waals surface area contributed by atoms with Gasteiger partial charge in [-0.2, -0.15) is 4.98 Å². The molecule has 0 saturated heterocycles. The van der Waals surface area contributed by atoms with Gasteiger partial charge in [-0.05, 0) is 29.1 Å². The molecule has 0 aliphatic carbocycles. The van der Waals surface area contributed by atoms with Crippen LogP contribution < -0.4 is 5.32 Å². The van der Waals surface area contributed by atoms with Crippen molar-refractivity contribution in [3.05, 3.63) is 57.2 Å². The zero-order chi connectivity index (χ0) is 16.1. The lowest BCUT2D eigenvalue weighted by atomic mass is 10.2. The summed E-state index contributed by atoms with van der Waals surface area (Å²) in [5.74, 6) is 0.987. The molecular weight excluding hydrogens is 352 g/mol. The summed E-state index contributed by atoms with van der Waals surface area (Å²) in [6.07, 6.45) is 0.339. The third-order valence-corrected chi connectivity index (χ3v) is 4.97. The number of carbonyl (C=O) groups excluding carboxylic acids is 1. The summed E-state index contributed by atoms with van der Waals surface area (Å²) in [6.45, 7) is 0. The van der Waals surface area contributed by atoms with Gasteiger partial charge in [-0.3, -0.25) is 10.1 Å². The molecule has 1 amide bonds. The second-order valence-corrected chi connectivity index (χ2v) is 7.10. The Morgan fingerprint density at radius 1 is 1.30 bits per heavy atom. The maximum atomic E-state index is 11.9. The van der Waals surface area contributed by atoms with E-state index in [0.717, 1.165) is 16.2 Å². The summed E-state index contributed by atoms with van der Waals surface area (Å²) in [5.41, 5.74) is 1.13. The highest BCUT2D eigenvalue weighted by molar-refractivity contribution is 7.98. The van der Waals surface area contributed by atoms with E-state index in [1.807, 2.05) is 41.8 Å².